The molecule has 0 heterocycles. The Morgan fingerprint density at radius 2 is 1.55 bits per heavy atom. The van der Waals surface area contributed by atoms with Crippen LogP contribution in [0.2, 0.25) is 10.0 Å². The lowest BCUT2D eigenvalue weighted by molar-refractivity contribution is -0.140. The summed E-state index contributed by atoms with van der Waals surface area (Å²) in [4.78, 5) is 29.2. The van der Waals surface area contributed by atoms with Crippen LogP contribution in [0.3, 0.4) is 0 Å². The molecule has 214 valence electrons. The van der Waals surface area contributed by atoms with Crippen LogP contribution >= 0.6 is 23.2 Å². The van der Waals surface area contributed by atoms with E-state index < -0.39 is 28.5 Å². The average Bonchev–Trinajstić information content (AvgIpc) is 2.91. The lowest BCUT2D eigenvalue weighted by atomic mass is 10.0. The fraction of sp³-hybridized carbons (Fsp3) is 0.333. The minimum atomic E-state index is -3.85. The van der Waals surface area contributed by atoms with Crippen LogP contribution in [0, 0.1) is 6.92 Å². The molecule has 1 atom stereocenters. The molecule has 0 aliphatic rings. The number of unbranched alkanes of at least 4 members (excludes halogenated alkanes) is 1. The summed E-state index contributed by atoms with van der Waals surface area (Å²) in [5.41, 5.74) is 2.40. The smallest absolute Gasteiger partial charge is 0.244 e. The third-order valence-corrected chi connectivity index (χ3v) is 8.39. The summed E-state index contributed by atoms with van der Waals surface area (Å²) >= 11 is 13.0. The maximum Gasteiger partial charge on any atom is 0.244 e. The molecular formula is C30H35Cl2N3O4S. The van der Waals surface area contributed by atoms with Crippen molar-refractivity contribution in [1.82, 2.24) is 10.2 Å². The van der Waals surface area contributed by atoms with Gasteiger partial charge in [0.15, 0.2) is 0 Å². The number of nitrogens with one attached hydrogen (secondary N) is 1. The van der Waals surface area contributed by atoms with Crippen molar-refractivity contribution < 1.29 is 18.0 Å². The van der Waals surface area contributed by atoms with Crippen molar-refractivity contribution in [3.05, 3.63) is 99.5 Å². The number of nitrogens with zero attached hydrogens (tertiary/aromatic N) is 2. The van der Waals surface area contributed by atoms with Gasteiger partial charge in [-0.25, -0.2) is 8.42 Å². The van der Waals surface area contributed by atoms with Gasteiger partial charge in [-0.05, 0) is 42.7 Å². The van der Waals surface area contributed by atoms with Gasteiger partial charge in [-0.15, -0.1) is 0 Å². The first-order valence-corrected chi connectivity index (χ1v) is 15.7. The number of hydrogen-bond acceptors (Lipinski definition) is 4. The molecule has 2 amide bonds. The van der Waals surface area contributed by atoms with Gasteiger partial charge < -0.3 is 10.2 Å². The number of rotatable bonds is 13. The maximum atomic E-state index is 14.1. The van der Waals surface area contributed by atoms with Gasteiger partial charge in [-0.2, -0.15) is 0 Å². The largest absolute Gasteiger partial charge is 0.354 e. The van der Waals surface area contributed by atoms with Gasteiger partial charge in [-0.1, -0.05) is 91.1 Å². The van der Waals surface area contributed by atoms with Gasteiger partial charge in [0, 0.05) is 35.1 Å². The normalized spacial score (nSPS) is 12.0. The summed E-state index contributed by atoms with van der Waals surface area (Å²) in [6.07, 6.45) is 2.95. The Morgan fingerprint density at radius 3 is 2.15 bits per heavy atom. The van der Waals surface area contributed by atoms with Crippen molar-refractivity contribution >= 4 is 50.7 Å². The Morgan fingerprint density at radius 1 is 0.925 bits per heavy atom. The van der Waals surface area contributed by atoms with E-state index in [1.165, 1.54) is 4.90 Å². The van der Waals surface area contributed by atoms with E-state index in [2.05, 4.69) is 5.32 Å². The summed E-state index contributed by atoms with van der Waals surface area (Å²) in [6.45, 7) is 3.67. The summed E-state index contributed by atoms with van der Waals surface area (Å²) in [5, 5.41) is 3.63. The number of para-hydroxylation sites is 1. The van der Waals surface area contributed by atoms with Gasteiger partial charge >= 0.3 is 0 Å². The van der Waals surface area contributed by atoms with Crippen molar-refractivity contribution in [1.29, 1.82) is 0 Å². The van der Waals surface area contributed by atoms with E-state index >= 15 is 0 Å². The fourth-order valence-electron chi connectivity index (χ4n) is 4.35. The fourth-order valence-corrected chi connectivity index (χ4v) is 5.78. The van der Waals surface area contributed by atoms with Crippen molar-refractivity contribution in [2.75, 3.05) is 23.7 Å². The SMILES string of the molecule is CCCCNC(=O)[C@H](Cc1ccccc1)N(Cc1c(Cl)cccc1Cl)C(=O)CN(c1ccccc1C)S(C)(=O)=O. The minimum absolute atomic E-state index is 0.0819. The number of halogens is 2. The lowest BCUT2D eigenvalue weighted by Gasteiger charge is -2.34. The molecule has 0 aliphatic heterocycles. The topological polar surface area (TPSA) is 86.8 Å². The van der Waals surface area contributed by atoms with Crippen molar-refractivity contribution in [2.24, 2.45) is 0 Å². The summed E-state index contributed by atoms with van der Waals surface area (Å²) in [7, 11) is -3.85. The number of hydrogen-bond donors (Lipinski definition) is 1. The molecule has 3 rings (SSSR count). The molecule has 7 nitrogen and oxygen atoms in total. The third-order valence-electron chi connectivity index (χ3n) is 6.55. The maximum absolute atomic E-state index is 14.1. The Balaban J connectivity index is 2.09. The van der Waals surface area contributed by atoms with Gasteiger partial charge in [0.2, 0.25) is 21.8 Å². The first-order chi connectivity index (χ1) is 19.0. The quantitative estimate of drug-likeness (QED) is 0.257. The Bertz CT molecular complexity index is 1400. The number of anilines is 1. The van der Waals surface area contributed by atoms with Crippen molar-refractivity contribution in [3.8, 4) is 0 Å². The predicted molar refractivity (Wildman–Crippen MR) is 162 cm³/mol. The molecule has 0 unspecified atom stereocenters. The number of amides is 2. The molecule has 1 N–H and O–H groups in total. The molecule has 0 saturated carbocycles. The number of aryl methyl sites for hydroxylation is 1. The Labute approximate surface area is 247 Å². The number of benzene rings is 3. The van der Waals surface area contributed by atoms with Gasteiger partial charge in [0.25, 0.3) is 0 Å². The number of sulfonamides is 1. The monoisotopic (exact) mass is 603 g/mol. The summed E-state index contributed by atoms with van der Waals surface area (Å²) < 4.78 is 26.9. The van der Waals surface area contributed by atoms with E-state index in [-0.39, 0.29) is 18.9 Å². The van der Waals surface area contributed by atoms with E-state index in [9.17, 15) is 18.0 Å². The van der Waals surface area contributed by atoms with E-state index in [1.54, 1.807) is 49.4 Å². The van der Waals surface area contributed by atoms with Gasteiger partial charge in [0.05, 0.1) is 11.9 Å². The zero-order chi connectivity index (χ0) is 29.3. The zero-order valence-corrected chi connectivity index (χ0v) is 25.3. The highest BCUT2D eigenvalue weighted by Crippen LogP contribution is 2.28. The molecule has 0 radical (unpaired) electrons. The average molecular weight is 605 g/mol. The molecular weight excluding hydrogens is 569 g/mol. The van der Waals surface area contributed by atoms with E-state index in [0.29, 0.717) is 33.4 Å². The standard InChI is InChI=1S/C30H35Cl2N3O4S/c1-4-5-18-33-30(37)28(19-23-13-7-6-8-14-23)34(20-24-25(31)15-11-16-26(24)32)29(36)21-35(40(3,38)39)27-17-10-9-12-22(27)2/h6-17,28H,4-5,18-21H2,1-3H3,(H,33,37)/t28-/m0/s1. The number of carbonyl (C=O) groups is 2. The number of carbonyl (C=O) groups excluding carboxylic acids is 2. The lowest BCUT2D eigenvalue weighted by Crippen LogP contribution is -2.53. The van der Waals surface area contributed by atoms with Gasteiger partial charge in [-0.3, -0.25) is 13.9 Å². The van der Waals surface area contributed by atoms with Crippen LogP contribution in [0.1, 0.15) is 36.5 Å². The second kappa shape index (κ2) is 14.5. The molecule has 0 aromatic heterocycles. The highest BCUT2D eigenvalue weighted by molar-refractivity contribution is 7.92. The summed E-state index contributed by atoms with van der Waals surface area (Å²) in [6, 6.07) is 20.4. The molecule has 0 bridgehead atoms. The molecule has 0 saturated heterocycles. The third kappa shape index (κ3) is 8.46. The van der Waals surface area contributed by atoms with Crippen molar-refractivity contribution in [3.63, 3.8) is 0 Å². The Kier molecular flexibility index (Phi) is 11.4. The van der Waals surface area contributed by atoms with E-state index in [1.807, 2.05) is 37.3 Å². The van der Waals surface area contributed by atoms with Crippen LogP contribution in [0.4, 0.5) is 5.69 Å². The van der Waals surface area contributed by atoms with Crippen LogP contribution < -0.4 is 9.62 Å². The second-order valence-corrected chi connectivity index (χ2v) is 12.3. The van der Waals surface area contributed by atoms with Crippen LogP contribution in [0.5, 0.6) is 0 Å². The van der Waals surface area contributed by atoms with Crippen LogP contribution in [-0.4, -0.2) is 50.5 Å². The van der Waals surface area contributed by atoms with Gasteiger partial charge in [0.1, 0.15) is 12.6 Å². The molecule has 10 heteroatoms. The molecule has 0 spiro atoms. The van der Waals surface area contributed by atoms with Crippen LogP contribution in [-0.2, 0) is 32.6 Å². The Hall–Kier alpha value is -3.07. The molecule has 3 aromatic rings. The highest BCUT2D eigenvalue weighted by atomic mass is 35.5. The zero-order valence-electron chi connectivity index (χ0n) is 22.9. The molecule has 0 fully saturated rings. The molecule has 3 aromatic carbocycles. The highest BCUT2D eigenvalue weighted by Gasteiger charge is 2.34. The molecule has 0 aliphatic carbocycles. The van der Waals surface area contributed by atoms with E-state index in [4.69, 9.17) is 23.2 Å². The van der Waals surface area contributed by atoms with Crippen LogP contribution in [0.15, 0.2) is 72.8 Å². The first-order valence-electron chi connectivity index (χ1n) is 13.1. The van der Waals surface area contributed by atoms with Crippen LogP contribution in [0.25, 0.3) is 0 Å². The minimum Gasteiger partial charge on any atom is -0.354 e. The summed E-state index contributed by atoms with van der Waals surface area (Å²) in [5.74, 6) is -0.896. The van der Waals surface area contributed by atoms with Crippen molar-refractivity contribution in [2.45, 2.75) is 45.7 Å². The van der Waals surface area contributed by atoms with E-state index in [0.717, 1.165) is 29.0 Å². The first kappa shape index (κ1) is 31.5. The second-order valence-electron chi connectivity index (χ2n) is 9.63. The molecule has 40 heavy (non-hydrogen) atoms. The predicted octanol–water partition coefficient (Wildman–Crippen LogP) is 5.62.